The van der Waals surface area contributed by atoms with Gasteiger partial charge in [0.05, 0.1) is 0 Å². The number of aryl methyl sites for hydroxylation is 1. The van der Waals surface area contributed by atoms with Crippen LogP contribution in [-0.2, 0) is 0 Å². The summed E-state index contributed by atoms with van der Waals surface area (Å²) in [5, 5.41) is 0. The van der Waals surface area contributed by atoms with Crippen molar-refractivity contribution in [2.45, 2.75) is 6.92 Å². The monoisotopic (exact) mass is 260 g/mol. The minimum absolute atomic E-state index is 0.862. The topological polar surface area (TPSA) is 9.23 Å². The van der Waals surface area contributed by atoms with Gasteiger partial charge in [-0.3, -0.25) is 0 Å². The van der Waals surface area contributed by atoms with E-state index in [9.17, 15) is 0 Å². The Kier molecular flexibility index (Phi) is 3.51. The molecule has 3 aromatic rings. The largest absolute Gasteiger partial charge is 0.457 e. The van der Waals surface area contributed by atoms with Crippen LogP contribution < -0.4 is 4.74 Å². The zero-order valence-electron chi connectivity index (χ0n) is 11.4. The molecule has 98 valence electrons. The van der Waals surface area contributed by atoms with Gasteiger partial charge in [-0.25, -0.2) is 0 Å². The van der Waals surface area contributed by atoms with E-state index in [2.05, 4.69) is 37.3 Å². The maximum atomic E-state index is 5.97. The number of benzene rings is 3. The Bertz CT molecular complexity index is 687. The molecule has 0 saturated carbocycles. The third-order valence-corrected chi connectivity index (χ3v) is 3.27. The van der Waals surface area contributed by atoms with Crippen LogP contribution in [0.2, 0.25) is 0 Å². The number of rotatable bonds is 3. The van der Waals surface area contributed by atoms with Crippen LogP contribution in [0.25, 0.3) is 11.1 Å². The first-order chi connectivity index (χ1) is 9.83. The molecule has 3 rings (SSSR count). The van der Waals surface area contributed by atoms with Gasteiger partial charge in [0.25, 0.3) is 0 Å². The highest BCUT2D eigenvalue weighted by atomic mass is 16.5. The quantitative estimate of drug-likeness (QED) is 0.608. The Morgan fingerprint density at radius 2 is 1.30 bits per heavy atom. The van der Waals surface area contributed by atoms with E-state index >= 15 is 0 Å². The number of para-hydroxylation sites is 1. The van der Waals surface area contributed by atoms with Crippen LogP contribution in [0.5, 0.6) is 11.5 Å². The summed E-state index contributed by atoms with van der Waals surface area (Å²) in [4.78, 5) is 0. The first kappa shape index (κ1) is 12.5. The number of hydrogen-bond acceptors (Lipinski definition) is 1. The second-order valence-corrected chi connectivity index (χ2v) is 4.76. The van der Waals surface area contributed by atoms with E-state index in [4.69, 9.17) is 4.74 Å². The van der Waals surface area contributed by atoms with Crippen LogP contribution in [0.3, 0.4) is 0 Å². The van der Waals surface area contributed by atoms with E-state index in [1.807, 2.05) is 48.5 Å². The summed E-state index contributed by atoms with van der Waals surface area (Å²) in [7, 11) is 0. The summed E-state index contributed by atoms with van der Waals surface area (Å²) >= 11 is 0. The lowest BCUT2D eigenvalue weighted by Crippen LogP contribution is -1.88. The standard InChI is InChI=1S/C19H16O/c1-15-12-13-17(16-8-4-2-5-9-16)14-19(15)20-18-10-6-3-7-11-18/h2-14H,1H3. The summed E-state index contributed by atoms with van der Waals surface area (Å²) in [5.74, 6) is 1.76. The Labute approximate surface area is 119 Å². The van der Waals surface area contributed by atoms with Gasteiger partial charge in [0.1, 0.15) is 11.5 Å². The summed E-state index contributed by atoms with van der Waals surface area (Å²) in [6, 6.07) is 26.5. The molecular formula is C19H16O. The lowest BCUT2D eigenvalue weighted by Gasteiger charge is -2.11. The summed E-state index contributed by atoms with van der Waals surface area (Å²) in [5.41, 5.74) is 3.50. The molecule has 0 N–H and O–H groups in total. The van der Waals surface area contributed by atoms with E-state index in [1.165, 1.54) is 11.1 Å². The van der Waals surface area contributed by atoms with Crippen molar-refractivity contribution >= 4 is 0 Å². The Balaban J connectivity index is 1.95. The van der Waals surface area contributed by atoms with Crippen molar-refractivity contribution in [1.82, 2.24) is 0 Å². The molecule has 0 atom stereocenters. The van der Waals surface area contributed by atoms with Gasteiger partial charge in [0.15, 0.2) is 0 Å². The van der Waals surface area contributed by atoms with Crippen LogP contribution >= 0.6 is 0 Å². The molecule has 0 aliphatic rings. The minimum Gasteiger partial charge on any atom is -0.457 e. The smallest absolute Gasteiger partial charge is 0.130 e. The fraction of sp³-hybridized carbons (Fsp3) is 0.0526. The minimum atomic E-state index is 0.862. The predicted molar refractivity (Wildman–Crippen MR) is 83.1 cm³/mol. The molecule has 0 aliphatic carbocycles. The molecule has 0 aliphatic heterocycles. The molecule has 3 aromatic carbocycles. The Morgan fingerprint density at radius 1 is 0.650 bits per heavy atom. The molecule has 0 fully saturated rings. The highest BCUT2D eigenvalue weighted by molar-refractivity contribution is 5.66. The van der Waals surface area contributed by atoms with Crippen LogP contribution in [0, 0.1) is 6.92 Å². The molecule has 1 heteroatoms. The lowest BCUT2D eigenvalue weighted by molar-refractivity contribution is 0.479. The van der Waals surface area contributed by atoms with E-state index < -0.39 is 0 Å². The van der Waals surface area contributed by atoms with Gasteiger partial charge in [0, 0.05) is 0 Å². The third kappa shape index (κ3) is 2.72. The molecule has 20 heavy (non-hydrogen) atoms. The van der Waals surface area contributed by atoms with Gasteiger partial charge in [-0.15, -0.1) is 0 Å². The Morgan fingerprint density at radius 3 is 2.00 bits per heavy atom. The van der Waals surface area contributed by atoms with Crippen molar-refractivity contribution in [3.63, 3.8) is 0 Å². The second kappa shape index (κ2) is 5.62. The van der Waals surface area contributed by atoms with Crippen LogP contribution in [0.15, 0.2) is 78.9 Å². The van der Waals surface area contributed by atoms with Crippen molar-refractivity contribution in [2.24, 2.45) is 0 Å². The summed E-state index contributed by atoms with van der Waals surface area (Å²) < 4.78 is 5.97. The molecule has 0 amide bonds. The lowest BCUT2D eigenvalue weighted by atomic mass is 10.0. The SMILES string of the molecule is Cc1ccc(-c2ccccc2)cc1Oc1ccccc1. The second-order valence-electron chi connectivity index (χ2n) is 4.76. The van der Waals surface area contributed by atoms with Crippen molar-refractivity contribution in [3.8, 4) is 22.6 Å². The normalized spacial score (nSPS) is 10.2. The average Bonchev–Trinajstić information content (AvgIpc) is 2.51. The van der Waals surface area contributed by atoms with Crippen molar-refractivity contribution in [2.75, 3.05) is 0 Å². The van der Waals surface area contributed by atoms with Crippen molar-refractivity contribution in [1.29, 1.82) is 0 Å². The van der Waals surface area contributed by atoms with Gasteiger partial charge in [-0.2, -0.15) is 0 Å². The zero-order valence-corrected chi connectivity index (χ0v) is 11.4. The summed E-state index contributed by atoms with van der Waals surface area (Å²) in [6.07, 6.45) is 0. The van der Waals surface area contributed by atoms with Gasteiger partial charge < -0.3 is 4.74 Å². The van der Waals surface area contributed by atoms with Gasteiger partial charge >= 0.3 is 0 Å². The van der Waals surface area contributed by atoms with Crippen molar-refractivity contribution < 1.29 is 4.74 Å². The molecule has 0 unspecified atom stereocenters. The highest BCUT2D eigenvalue weighted by Gasteiger charge is 2.04. The molecule has 0 aromatic heterocycles. The average molecular weight is 260 g/mol. The molecular weight excluding hydrogens is 244 g/mol. The maximum Gasteiger partial charge on any atom is 0.130 e. The molecule has 0 bridgehead atoms. The van der Waals surface area contributed by atoms with E-state index in [0.29, 0.717) is 0 Å². The van der Waals surface area contributed by atoms with E-state index in [-0.39, 0.29) is 0 Å². The maximum absolute atomic E-state index is 5.97. The first-order valence-electron chi connectivity index (χ1n) is 6.72. The predicted octanol–water partition coefficient (Wildman–Crippen LogP) is 5.45. The molecule has 0 spiro atoms. The first-order valence-corrected chi connectivity index (χ1v) is 6.72. The van der Waals surface area contributed by atoms with Crippen LogP contribution in [-0.4, -0.2) is 0 Å². The molecule has 0 radical (unpaired) electrons. The summed E-state index contributed by atoms with van der Waals surface area (Å²) in [6.45, 7) is 2.06. The number of hydrogen-bond donors (Lipinski definition) is 0. The Hall–Kier alpha value is -2.54. The third-order valence-electron chi connectivity index (χ3n) is 3.27. The highest BCUT2D eigenvalue weighted by Crippen LogP contribution is 2.30. The molecule has 1 nitrogen and oxygen atoms in total. The molecule has 0 heterocycles. The fourth-order valence-electron chi connectivity index (χ4n) is 2.14. The van der Waals surface area contributed by atoms with Crippen LogP contribution in [0.4, 0.5) is 0 Å². The van der Waals surface area contributed by atoms with E-state index in [1.54, 1.807) is 0 Å². The fourth-order valence-corrected chi connectivity index (χ4v) is 2.14. The molecule has 0 saturated heterocycles. The van der Waals surface area contributed by atoms with Gasteiger partial charge in [-0.1, -0.05) is 60.7 Å². The number of ether oxygens (including phenoxy) is 1. The van der Waals surface area contributed by atoms with E-state index in [0.717, 1.165) is 17.1 Å². The van der Waals surface area contributed by atoms with Gasteiger partial charge in [-0.05, 0) is 41.8 Å². The zero-order chi connectivity index (χ0) is 13.8. The van der Waals surface area contributed by atoms with Crippen molar-refractivity contribution in [3.05, 3.63) is 84.4 Å². The van der Waals surface area contributed by atoms with Crippen LogP contribution in [0.1, 0.15) is 5.56 Å². The van der Waals surface area contributed by atoms with Gasteiger partial charge in [0.2, 0.25) is 0 Å².